The molecule has 7 aliphatic rings. The van der Waals surface area contributed by atoms with E-state index >= 15 is 9.18 Å². The Morgan fingerprint density at radius 1 is 0.787 bits per heavy atom. The third-order valence-electron chi connectivity index (χ3n) is 17.7. The molecule has 0 radical (unpaired) electrons. The summed E-state index contributed by atoms with van der Waals surface area (Å²) in [5.41, 5.74) is 5.10. The highest BCUT2D eigenvalue weighted by Crippen LogP contribution is 2.52. The summed E-state index contributed by atoms with van der Waals surface area (Å²) < 4.78 is 17.1. The molecule has 392 valence electrons. The summed E-state index contributed by atoms with van der Waals surface area (Å²) in [6.45, 7) is 9.69. The van der Waals surface area contributed by atoms with Crippen molar-refractivity contribution in [3.8, 4) is 11.3 Å². The summed E-state index contributed by atoms with van der Waals surface area (Å²) in [5, 5.41) is 5.64. The first kappa shape index (κ1) is 49.0. The molecule has 6 aliphatic heterocycles. The third-order valence-corrected chi connectivity index (χ3v) is 17.7. The molecule has 10 heterocycles. The van der Waals surface area contributed by atoms with Crippen LogP contribution in [0, 0.1) is 17.7 Å². The van der Waals surface area contributed by atoms with Crippen molar-refractivity contribution >= 4 is 63.7 Å². The average molecular weight is 1020 g/mol. The number of amides is 5. The van der Waals surface area contributed by atoms with Gasteiger partial charge < -0.3 is 34.4 Å². The Balaban J connectivity index is 0.712. The molecule has 4 aromatic heterocycles. The van der Waals surface area contributed by atoms with Crippen molar-refractivity contribution in [3.63, 3.8) is 0 Å². The van der Waals surface area contributed by atoms with Gasteiger partial charge in [-0.3, -0.25) is 34.3 Å². The number of rotatable bonds is 10. The molecule has 1 aliphatic carbocycles. The number of imide groups is 1. The minimum atomic E-state index is -0.753. The van der Waals surface area contributed by atoms with Gasteiger partial charge in [-0.1, -0.05) is 18.6 Å². The molecule has 5 aromatic rings. The molecule has 1 saturated carbocycles. The minimum Gasteiger partial charge on any atom is -0.342 e. The third kappa shape index (κ3) is 9.07. The molecule has 1 atom stereocenters. The van der Waals surface area contributed by atoms with Gasteiger partial charge in [-0.25, -0.2) is 24.3 Å². The van der Waals surface area contributed by atoms with E-state index in [1.165, 1.54) is 25.5 Å². The first-order valence-electron chi connectivity index (χ1n) is 27.4. The number of hydrogen-bond acceptors (Lipinski definition) is 13. The van der Waals surface area contributed by atoms with Crippen LogP contribution in [0.25, 0.3) is 22.3 Å². The van der Waals surface area contributed by atoms with Crippen LogP contribution in [-0.4, -0.2) is 138 Å². The molecule has 0 unspecified atom stereocenters. The standard InChI is InChI=1S/C56H66FN13O5/c1-34(2)69-33-61-46-29-45(63-50(49(46)69)62-44-10-17-58-32-43(44)57)37-6-8-42-47(26-37)70(40-27-39(28-40)65-18-4-3-5-19-65)54(75)56(42)15-24-67(25-16-56)53(74)35-11-20-66(21-12-35)52(73)36-13-22-68(23-14-36)55-59-30-38(31-60-55)41-7-9-48(71)64-51(41)72/h6,8,10,17,26,29-36,39-41H,3-5,7,9,11-16,18-25,27-28H2,1-2H3,(H,58,62,63)(H,64,71,72)/t39?,40?,41-/m1/s1. The number of carbonyl (C=O) groups is 5. The molecule has 5 amide bonds. The van der Waals surface area contributed by atoms with Crippen LogP contribution in [0.4, 0.5) is 27.5 Å². The van der Waals surface area contributed by atoms with Gasteiger partial charge in [0.2, 0.25) is 35.5 Å². The molecule has 0 bridgehead atoms. The average Bonchev–Trinajstić information content (AvgIpc) is 3.96. The lowest BCUT2D eigenvalue weighted by atomic mass is 9.73. The van der Waals surface area contributed by atoms with E-state index in [2.05, 4.69) is 72.3 Å². The van der Waals surface area contributed by atoms with Crippen molar-refractivity contribution in [3.05, 3.63) is 78.4 Å². The van der Waals surface area contributed by atoms with Crippen LogP contribution in [0.5, 0.6) is 0 Å². The number of anilines is 4. The molecule has 18 nitrogen and oxygen atoms in total. The first-order chi connectivity index (χ1) is 36.4. The maximum Gasteiger partial charge on any atom is 0.238 e. The molecule has 19 heteroatoms. The second-order valence-electron chi connectivity index (χ2n) is 22.3. The number of nitrogens with one attached hydrogen (secondary N) is 2. The Morgan fingerprint density at radius 2 is 1.48 bits per heavy atom. The van der Waals surface area contributed by atoms with Gasteiger partial charge >= 0.3 is 0 Å². The number of nitrogens with zero attached hydrogens (tertiary/aromatic N) is 11. The number of piperidine rings is 5. The van der Waals surface area contributed by atoms with Gasteiger partial charge in [0.15, 0.2) is 11.6 Å². The SMILES string of the molecule is CC(C)n1cnc2cc(-c3ccc4c(c3)N(C3CC(N5CCCCC5)C3)C(=O)C43CCN(C(=O)C4CCN(C(=O)C5CCN(c6ncc([C@H]7CCC(=O)NC7=O)cn6)CC5)CC4)CC3)nc(Nc3ccncc3F)c21. The smallest absolute Gasteiger partial charge is 0.238 e. The zero-order chi connectivity index (χ0) is 51.5. The van der Waals surface area contributed by atoms with Crippen LogP contribution in [-0.2, 0) is 29.4 Å². The molecule has 1 spiro atoms. The van der Waals surface area contributed by atoms with Gasteiger partial charge in [0, 0.05) is 111 Å². The van der Waals surface area contributed by atoms with E-state index < -0.39 is 17.2 Å². The number of hydrogen-bond donors (Lipinski definition) is 2. The van der Waals surface area contributed by atoms with Gasteiger partial charge in [-0.2, -0.15) is 0 Å². The molecule has 12 rings (SSSR count). The lowest BCUT2D eigenvalue weighted by Gasteiger charge is -2.48. The predicted molar refractivity (Wildman–Crippen MR) is 279 cm³/mol. The highest BCUT2D eigenvalue weighted by molar-refractivity contribution is 6.09. The van der Waals surface area contributed by atoms with E-state index in [9.17, 15) is 19.2 Å². The van der Waals surface area contributed by atoms with Gasteiger partial charge in [0.05, 0.1) is 40.8 Å². The molecule has 2 N–H and O–H groups in total. The Morgan fingerprint density at radius 3 is 2.16 bits per heavy atom. The number of imidazole rings is 1. The fourth-order valence-corrected chi connectivity index (χ4v) is 13.2. The van der Waals surface area contributed by atoms with Crippen LogP contribution < -0.4 is 20.4 Å². The van der Waals surface area contributed by atoms with Crippen LogP contribution in [0.1, 0.15) is 120 Å². The molecule has 1 aromatic carbocycles. The molecule has 75 heavy (non-hydrogen) atoms. The monoisotopic (exact) mass is 1020 g/mol. The van der Waals surface area contributed by atoms with Crippen molar-refractivity contribution in [1.82, 2.24) is 49.5 Å². The summed E-state index contributed by atoms with van der Waals surface area (Å²) in [5.74, 6) is -0.356. The van der Waals surface area contributed by atoms with Crippen molar-refractivity contribution in [1.29, 1.82) is 0 Å². The Bertz CT molecular complexity index is 3020. The first-order valence-corrected chi connectivity index (χ1v) is 27.4. The van der Waals surface area contributed by atoms with Gasteiger partial charge in [0.1, 0.15) is 5.52 Å². The largest absolute Gasteiger partial charge is 0.342 e. The minimum absolute atomic E-state index is 0.0712. The van der Waals surface area contributed by atoms with Crippen LogP contribution in [0.2, 0.25) is 0 Å². The fourth-order valence-electron chi connectivity index (χ4n) is 13.2. The highest BCUT2D eigenvalue weighted by Gasteiger charge is 2.56. The Kier molecular flexibility index (Phi) is 13.1. The van der Waals surface area contributed by atoms with Crippen molar-refractivity contribution in [2.45, 2.75) is 127 Å². The number of halogens is 1. The van der Waals surface area contributed by atoms with Crippen LogP contribution in [0.15, 0.2) is 61.4 Å². The predicted octanol–water partition coefficient (Wildman–Crippen LogP) is 6.65. The van der Waals surface area contributed by atoms with E-state index in [0.717, 1.165) is 53.8 Å². The Labute approximate surface area is 435 Å². The maximum atomic E-state index is 15.3. The number of likely N-dealkylation sites (tertiary alicyclic amines) is 3. The topological polar surface area (TPSA) is 195 Å². The maximum absolute atomic E-state index is 15.3. The van der Waals surface area contributed by atoms with E-state index in [1.54, 1.807) is 31.0 Å². The van der Waals surface area contributed by atoms with Gasteiger partial charge in [-0.15, -0.1) is 0 Å². The van der Waals surface area contributed by atoms with Crippen molar-refractivity contribution in [2.24, 2.45) is 11.8 Å². The second kappa shape index (κ2) is 20.0. The molecular weight excluding hydrogens is 954 g/mol. The van der Waals surface area contributed by atoms with E-state index in [4.69, 9.17) is 9.97 Å². The zero-order valence-corrected chi connectivity index (χ0v) is 42.9. The number of aromatic nitrogens is 6. The van der Waals surface area contributed by atoms with Gasteiger partial charge in [0.25, 0.3) is 0 Å². The number of fused-ring (bicyclic) bond motifs is 3. The summed E-state index contributed by atoms with van der Waals surface area (Å²) in [7, 11) is 0. The molecule has 5 saturated heterocycles. The van der Waals surface area contributed by atoms with Crippen molar-refractivity contribution < 1.29 is 28.4 Å². The lowest BCUT2D eigenvalue weighted by molar-refractivity contribution is -0.144. The highest BCUT2D eigenvalue weighted by atomic mass is 19.1. The quantitative estimate of drug-likeness (QED) is 0.142. The fraction of sp³-hybridized carbons (Fsp3) is 0.536. The van der Waals surface area contributed by atoms with E-state index in [-0.39, 0.29) is 59.1 Å². The second-order valence-corrected chi connectivity index (χ2v) is 22.3. The Hall–Kier alpha value is -6.89. The molecular formula is C56H66FN13O5. The lowest BCUT2D eigenvalue weighted by Crippen LogP contribution is -2.58. The number of benzene rings is 1. The number of carbonyl (C=O) groups excluding carboxylic acids is 5. The summed E-state index contributed by atoms with van der Waals surface area (Å²) in [4.78, 5) is 101. The summed E-state index contributed by atoms with van der Waals surface area (Å²) in [6.07, 6.45) is 17.8. The summed E-state index contributed by atoms with van der Waals surface area (Å²) >= 11 is 0. The van der Waals surface area contributed by atoms with Crippen molar-refractivity contribution in [2.75, 3.05) is 67.5 Å². The number of pyridine rings is 2. The molecule has 6 fully saturated rings. The van der Waals surface area contributed by atoms with Gasteiger partial charge in [-0.05, 0) is 121 Å². The van der Waals surface area contributed by atoms with Crippen LogP contribution in [0.3, 0.4) is 0 Å². The van der Waals surface area contributed by atoms with E-state index in [0.29, 0.717) is 120 Å². The summed E-state index contributed by atoms with van der Waals surface area (Å²) in [6, 6.07) is 10.5. The van der Waals surface area contributed by atoms with Crippen LogP contribution >= 0.6 is 0 Å². The zero-order valence-electron chi connectivity index (χ0n) is 42.9. The normalized spacial score (nSPS) is 23.7. The van der Waals surface area contributed by atoms with E-state index in [1.807, 2.05) is 20.4 Å².